The lowest BCUT2D eigenvalue weighted by atomic mass is 9.83. The van der Waals surface area contributed by atoms with Crippen molar-refractivity contribution >= 4 is 5.78 Å². The topological polar surface area (TPSA) is 116 Å². The average molecular weight is 320 g/mol. The van der Waals surface area contributed by atoms with Gasteiger partial charge in [0.2, 0.25) is 0 Å². The molecule has 1 heterocycles. The molecule has 4 N–H and O–H groups in total. The van der Waals surface area contributed by atoms with Gasteiger partial charge in [0, 0.05) is 6.08 Å². The molecule has 122 valence electrons. The van der Waals surface area contributed by atoms with Crippen LogP contribution in [0.2, 0.25) is 0 Å². The second-order valence-corrected chi connectivity index (χ2v) is 5.42. The molecule has 0 saturated carbocycles. The van der Waals surface area contributed by atoms with E-state index in [0.717, 1.165) is 6.08 Å². The van der Waals surface area contributed by atoms with Crippen LogP contribution < -0.4 is 4.74 Å². The molecule has 4 unspecified atom stereocenters. The number of hydrogen-bond acceptors (Lipinski definition) is 7. The molecule has 1 saturated heterocycles. The molecule has 7 nitrogen and oxygen atoms in total. The zero-order valence-electron chi connectivity index (χ0n) is 12.2. The summed E-state index contributed by atoms with van der Waals surface area (Å²) in [6, 6.07) is 4.37. The monoisotopic (exact) mass is 320 g/mol. The highest BCUT2D eigenvalue weighted by molar-refractivity contribution is 5.90. The Kier molecular flexibility index (Phi) is 3.75. The summed E-state index contributed by atoms with van der Waals surface area (Å²) in [6.45, 7) is 0. The van der Waals surface area contributed by atoms with Crippen molar-refractivity contribution in [2.75, 3.05) is 7.11 Å². The Morgan fingerprint density at radius 2 is 1.96 bits per heavy atom. The number of benzene rings is 1. The predicted molar refractivity (Wildman–Crippen MR) is 77.8 cm³/mol. The SMILES string of the molecule is COc1ccc(C2OC3=CC(O)=CC(O)C3C(=O)C2O)cc1O. The summed E-state index contributed by atoms with van der Waals surface area (Å²) in [5.74, 6) is -1.72. The highest BCUT2D eigenvalue weighted by Gasteiger charge is 2.46. The fraction of sp³-hybridized carbons (Fsp3) is 0.312. The van der Waals surface area contributed by atoms with E-state index in [0.29, 0.717) is 5.56 Å². The molecule has 1 aromatic rings. The van der Waals surface area contributed by atoms with Crippen molar-refractivity contribution in [1.82, 2.24) is 0 Å². The number of phenols is 1. The highest BCUT2D eigenvalue weighted by Crippen LogP contribution is 2.40. The number of ketones is 1. The van der Waals surface area contributed by atoms with E-state index in [1.807, 2.05) is 0 Å². The maximum atomic E-state index is 12.3. The van der Waals surface area contributed by atoms with E-state index in [4.69, 9.17) is 9.47 Å². The highest BCUT2D eigenvalue weighted by atomic mass is 16.5. The molecular weight excluding hydrogens is 304 g/mol. The summed E-state index contributed by atoms with van der Waals surface area (Å²) < 4.78 is 10.5. The maximum absolute atomic E-state index is 12.3. The van der Waals surface area contributed by atoms with Gasteiger partial charge in [-0.15, -0.1) is 0 Å². The van der Waals surface area contributed by atoms with Gasteiger partial charge in [-0.2, -0.15) is 0 Å². The number of Topliss-reactive ketones (excluding diaryl/α,β-unsaturated/α-hetero) is 1. The lowest BCUT2D eigenvalue weighted by molar-refractivity contribution is -0.151. The molecule has 0 aromatic heterocycles. The Hall–Kier alpha value is -2.51. The molecule has 1 aliphatic carbocycles. The third kappa shape index (κ3) is 2.54. The smallest absolute Gasteiger partial charge is 0.178 e. The van der Waals surface area contributed by atoms with Crippen LogP contribution in [0.5, 0.6) is 11.5 Å². The van der Waals surface area contributed by atoms with Crippen molar-refractivity contribution in [3.63, 3.8) is 0 Å². The van der Waals surface area contributed by atoms with Crippen molar-refractivity contribution in [3.8, 4) is 11.5 Å². The van der Waals surface area contributed by atoms with Crippen LogP contribution in [0.3, 0.4) is 0 Å². The number of carbonyl (C=O) groups is 1. The fourth-order valence-corrected chi connectivity index (χ4v) is 2.82. The van der Waals surface area contributed by atoms with Gasteiger partial charge in [0.1, 0.15) is 17.4 Å². The van der Waals surface area contributed by atoms with Gasteiger partial charge in [0.25, 0.3) is 0 Å². The van der Waals surface area contributed by atoms with E-state index >= 15 is 0 Å². The number of ether oxygens (including phenoxy) is 2. The maximum Gasteiger partial charge on any atom is 0.178 e. The van der Waals surface area contributed by atoms with Crippen molar-refractivity contribution in [3.05, 3.63) is 47.4 Å². The molecule has 0 bridgehead atoms. The van der Waals surface area contributed by atoms with E-state index in [2.05, 4.69) is 0 Å². The molecule has 0 radical (unpaired) electrons. The van der Waals surface area contributed by atoms with E-state index in [1.165, 1.54) is 25.3 Å². The molecule has 1 aromatic carbocycles. The third-order valence-electron chi connectivity index (χ3n) is 3.96. The number of carbonyl (C=O) groups excluding carboxylic acids is 1. The van der Waals surface area contributed by atoms with E-state index < -0.39 is 30.0 Å². The number of aliphatic hydroxyl groups excluding tert-OH is 3. The van der Waals surface area contributed by atoms with Gasteiger partial charge in [-0.3, -0.25) is 4.79 Å². The van der Waals surface area contributed by atoms with Crippen LogP contribution in [-0.2, 0) is 9.53 Å². The zero-order valence-corrected chi connectivity index (χ0v) is 12.2. The first kappa shape index (κ1) is 15.4. The first-order valence-electron chi connectivity index (χ1n) is 6.98. The number of methoxy groups -OCH3 is 1. The van der Waals surface area contributed by atoms with E-state index in [9.17, 15) is 25.2 Å². The van der Waals surface area contributed by atoms with Gasteiger partial charge in [0.05, 0.1) is 13.2 Å². The average Bonchev–Trinajstić information content (AvgIpc) is 2.50. The lowest BCUT2D eigenvalue weighted by Gasteiger charge is -2.37. The summed E-state index contributed by atoms with van der Waals surface area (Å²) >= 11 is 0. The first-order valence-corrected chi connectivity index (χ1v) is 6.98. The Morgan fingerprint density at radius 3 is 2.61 bits per heavy atom. The predicted octanol–water partition coefficient (Wildman–Crippen LogP) is 0.719. The quantitative estimate of drug-likeness (QED) is 0.634. The minimum atomic E-state index is -1.51. The summed E-state index contributed by atoms with van der Waals surface area (Å²) in [7, 11) is 1.40. The molecule has 4 atom stereocenters. The van der Waals surface area contributed by atoms with Gasteiger partial charge in [-0.1, -0.05) is 6.07 Å². The summed E-state index contributed by atoms with van der Waals surface area (Å²) in [6.07, 6.45) is -1.48. The van der Waals surface area contributed by atoms with Gasteiger partial charge < -0.3 is 29.9 Å². The Morgan fingerprint density at radius 1 is 1.22 bits per heavy atom. The van der Waals surface area contributed by atoms with Crippen molar-refractivity contribution < 1.29 is 34.7 Å². The number of aliphatic hydroxyl groups is 3. The van der Waals surface area contributed by atoms with Crippen LogP contribution >= 0.6 is 0 Å². The van der Waals surface area contributed by atoms with Crippen LogP contribution in [0.4, 0.5) is 0 Å². The summed E-state index contributed by atoms with van der Waals surface area (Å²) in [4.78, 5) is 12.3. The van der Waals surface area contributed by atoms with E-state index in [1.54, 1.807) is 6.07 Å². The molecule has 7 heteroatoms. The van der Waals surface area contributed by atoms with Crippen molar-refractivity contribution in [2.24, 2.45) is 5.92 Å². The van der Waals surface area contributed by atoms with E-state index in [-0.39, 0.29) is 23.0 Å². The minimum absolute atomic E-state index is 0.0770. The normalized spacial score (nSPS) is 30.0. The van der Waals surface area contributed by atoms with Crippen molar-refractivity contribution in [1.29, 1.82) is 0 Å². The van der Waals surface area contributed by atoms with Gasteiger partial charge >= 0.3 is 0 Å². The molecule has 1 fully saturated rings. The zero-order chi connectivity index (χ0) is 16.7. The number of allylic oxidation sites excluding steroid dienone is 1. The molecule has 1 aliphatic heterocycles. The second-order valence-electron chi connectivity index (χ2n) is 5.42. The Bertz CT molecular complexity index is 706. The molecular formula is C16H16O7. The number of rotatable bonds is 2. The standard InChI is InChI=1S/C16H16O7/c1-22-11-3-2-7(4-9(11)18)16-15(21)14(20)13-10(19)5-8(17)6-12(13)23-16/h2-6,10,13,15-19,21H,1H3. The second kappa shape index (κ2) is 5.60. The number of aromatic hydroxyl groups is 1. The lowest BCUT2D eigenvalue weighted by Crippen LogP contribution is -2.46. The van der Waals surface area contributed by atoms with Gasteiger partial charge in [0.15, 0.2) is 29.5 Å². The van der Waals surface area contributed by atoms with Crippen LogP contribution in [0, 0.1) is 5.92 Å². The molecule has 0 amide bonds. The third-order valence-corrected chi connectivity index (χ3v) is 3.96. The van der Waals surface area contributed by atoms with Crippen LogP contribution in [0.25, 0.3) is 0 Å². The summed E-state index contributed by atoms with van der Waals surface area (Å²) in [5.41, 5.74) is 0.368. The summed E-state index contributed by atoms with van der Waals surface area (Å²) in [5, 5.41) is 39.5. The molecule has 2 aliphatic rings. The van der Waals surface area contributed by atoms with Crippen LogP contribution in [0.1, 0.15) is 11.7 Å². The molecule has 0 spiro atoms. The minimum Gasteiger partial charge on any atom is -0.508 e. The van der Waals surface area contributed by atoms with Gasteiger partial charge in [-0.05, 0) is 23.8 Å². The number of phenolic OH excluding ortho intramolecular Hbond substituents is 1. The molecule has 3 rings (SSSR count). The molecule has 23 heavy (non-hydrogen) atoms. The van der Waals surface area contributed by atoms with Crippen LogP contribution in [-0.4, -0.2) is 45.5 Å². The number of hydrogen-bond donors (Lipinski definition) is 4. The van der Waals surface area contributed by atoms with Crippen molar-refractivity contribution in [2.45, 2.75) is 18.3 Å². The largest absolute Gasteiger partial charge is 0.508 e. The number of fused-ring (bicyclic) bond motifs is 1. The van der Waals surface area contributed by atoms with Crippen LogP contribution in [0.15, 0.2) is 41.9 Å². The Balaban J connectivity index is 1.97. The van der Waals surface area contributed by atoms with Gasteiger partial charge in [-0.25, -0.2) is 0 Å². The fourth-order valence-electron chi connectivity index (χ4n) is 2.82. The first-order chi connectivity index (χ1) is 10.9. The Labute approximate surface area is 131 Å².